The summed E-state index contributed by atoms with van der Waals surface area (Å²) >= 11 is 0. The summed E-state index contributed by atoms with van der Waals surface area (Å²) in [5.41, 5.74) is 2.54. The van der Waals surface area contributed by atoms with Crippen molar-refractivity contribution in [2.75, 3.05) is 31.1 Å². The molecule has 1 aromatic rings. The average Bonchev–Trinajstić information content (AvgIpc) is 3.11. The van der Waals surface area contributed by atoms with Crippen LogP contribution in [0, 0.1) is 0 Å². The third-order valence-electron chi connectivity index (χ3n) is 3.95. The maximum Gasteiger partial charge on any atom is 0.309 e. The normalized spacial score (nSPS) is 13.7. The number of hydrogen-bond acceptors (Lipinski definition) is 3. The molecule has 1 aliphatic rings. The lowest BCUT2D eigenvalue weighted by Crippen LogP contribution is -2.40. The molecule has 0 saturated carbocycles. The minimum absolute atomic E-state index is 0.301. The molecule has 5 heteroatoms. The number of nitrogens with zero attached hydrogens (tertiary/aromatic N) is 1. The zero-order valence-electron chi connectivity index (χ0n) is 13.5. The van der Waals surface area contributed by atoms with E-state index >= 15 is 0 Å². The Morgan fingerprint density at radius 1 is 1.09 bits per heavy atom. The van der Waals surface area contributed by atoms with Crippen LogP contribution in [0.4, 0.5) is 5.69 Å². The molecule has 0 bridgehead atoms. The third kappa shape index (κ3) is 5.43. The van der Waals surface area contributed by atoms with Crippen LogP contribution in [0.1, 0.15) is 24.8 Å². The second-order valence-electron chi connectivity index (χ2n) is 5.72. The van der Waals surface area contributed by atoms with Gasteiger partial charge in [0.2, 0.25) is 0 Å². The largest absolute Gasteiger partial charge is 0.372 e. The molecular formula is C18H25N3O2. The maximum absolute atomic E-state index is 11.5. The van der Waals surface area contributed by atoms with Crippen molar-refractivity contribution in [2.24, 2.45) is 0 Å². The summed E-state index contributed by atoms with van der Waals surface area (Å²) in [6.45, 7) is 6.58. The Hall–Kier alpha value is -2.30. The Kier molecular flexibility index (Phi) is 6.66. The van der Waals surface area contributed by atoms with Crippen LogP contribution in [0.15, 0.2) is 36.9 Å². The van der Waals surface area contributed by atoms with Gasteiger partial charge in [0, 0.05) is 31.9 Å². The molecule has 1 saturated heterocycles. The van der Waals surface area contributed by atoms with Crippen LogP contribution in [0.2, 0.25) is 0 Å². The van der Waals surface area contributed by atoms with E-state index in [1.165, 1.54) is 30.2 Å². The van der Waals surface area contributed by atoms with Crippen molar-refractivity contribution < 1.29 is 9.59 Å². The van der Waals surface area contributed by atoms with Gasteiger partial charge in [-0.2, -0.15) is 0 Å². The molecule has 0 unspecified atom stereocenters. The van der Waals surface area contributed by atoms with Crippen molar-refractivity contribution in [3.05, 3.63) is 42.5 Å². The van der Waals surface area contributed by atoms with Gasteiger partial charge in [-0.05, 0) is 43.4 Å². The van der Waals surface area contributed by atoms with Crippen molar-refractivity contribution in [2.45, 2.75) is 25.7 Å². The predicted octanol–water partition coefficient (Wildman–Crippen LogP) is 1.64. The number of nitrogens with one attached hydrogen (secondary N) is 2. The highest BCUT2D eigenvalue weighted by atomic mass is 16.2. The Labute approximate surface area is 137 Å². The van der Waals surface area contributed by atoms with Gasteiger partial charge in [0.15, 0.2) is 0 Å². The van der Waals surface area contributed by atoms with Gasteiger partial charge >= 0.3 is 11.8 Å². The molecule has 0 aromatic heterocycles. The lowest BCUT2D eigenvalue weighted by atomic mass is 10.1. The van der Waals surface area contributed by atoms with E-state index in [0.717, 1.165) is 25.9 Å². The summed E-state index contributed by atoms with van der Waals surface area (Å²) in [5.74, 6) is -1.20. The van der Waals surface area contributed by atoms with Gasteiger partial charge in [0.25, 0.3) is 0 Å². The SMILES string of the molecule is C=CCNC(=O)C(=O)NCCCc1ccc(N2CCCC2)cc1. The van der Waals surface area contributed by atoms with Gasteiger partial charge in [-0.15, -0.1) is 6.58 Å². The molecule has 1 aliphatic heterocycles. The van der Waals surface area contributed by atoms with E-state index < -0.39 is 11.8 Å². The standard InChI is InChI=1S/C18H25N3O2/c1-2-11-19-17(22)18(23)20-12-5-6-15-7-9-16(10-8-15)21-13-3-4-14-21/h2,7-10H,1,3-6,11-14H2,(H,19,22)(H,20,23). The van der Waals surface area contributed by atoms with Crippen molar-refractivity contribution in [3.8, 4) is 0 Å². The van der Waals surface area contributed by atoms with Crippen molar-refractivity contribution in [1.29, 1.82) is 0 Å². The number of hydrogen-bond donors (Lipinski definition) is 2. The number of rotatable bonds is 7. The van der Waals surface area contributed by atoms with Gasteiger partial charge in [-0.1, -0.05) is 18.2 Å². The van der Waals surface area contributed by atoms with Gasteiger partial charge in [0.05, 0.1) is 0 Å². The molecule has 0 atom stereocenters. The summed E-state index contributed by atoms with van der Waals surface area (Å²) < 4.78 is 0. The van der Waals surface area contributed by atoms with Crippen molar-refractivity contribution in [3.63, 3.8) is 0 Å². The summed E-state index contributed by atoms with van der Waals surface area (Å²) in [4.78, 5) is 25.3. The van der Waals surface area contributed by atoms with Crippen LogP contribution in [0.5, 0.6) is 0 Å². The fraction of sp³-hybridized carbons (Fsp3) is 0.444. The summed E-state index contributed by atoms with van der Waals surface area (Å²) in [5, 5.41) is 5.07. The number of anilines is 1. The minimum Gasteiger partial charge on any atom is -0.372 e. The topological polar surface area (TPSA) is 61.4 Å². The summed E-state index contributed by atoms with van der Waals surface area (Å²) in [7, 11) is 0. The molecule has 0 radical (unpaired) electrons. The van der Waals surface area contributed by atoms with Crippen LogP contribution in [-0.4, -0.2) is 38.0 Å². The van der Waals surface area contributed by atoms with E-state index in [9.17, 15) is 9.59 Å². The van der Waals surface area contributed by atoms with Crippen molar-refractivity contribution >= 4 is 17.5 Å². The summed E-state index contributed by atoms with van der Waals surface area (Å²) in [6, 6.07) is 8.63. The number of carbonyl (C=O) groups is 2. The lowest BCUT2D eigenvalue weighted by Gasteiger charge is -2.17. The van der Waals surface area contributed by atoms with E-state index in [4.69, 9.17) is 0 Å². The molecule has 2 amide bonds. The van der Waals surface area contributed by atoms with Crippen LogP contribution < -0.4 is 15.5 Å². The number of amides is 2. The molecule has 124 valence electrons. The van der Waals surface area contributed by atoms with Crippen LogP contribution in [-0.2, 0) is 16.0 Å². The first-order valence-electron chi connectivity index (χ1n) is 8.21. The second kappa shape index (κ2) is 8.98. The molecule has 0 aliphatic carbocycles. The van der Waals surface area contributed by atoms with Crippen LogP contribution >= 0.6 is 0 Å². The van der Waals surface area contributed by atoms with Crippen molar-refractivity contribution in [1.82, 2.24) is 10.6 Å². The molecule has 1 aromatic carbocycles. The van der Waals surface area contributed by atoms with Gasteiger partial charge in [0.1, 0.15) is 0 Å². The van der Waals surface area contributed by atoms with Crippen LogP contribution in [0.25, 0.3) is 0 Å². The third-order valence-corrected chi connectivity index (χ3v) is 3.95. The molecule has 1 fully saturated rings. The molecule has 5 nitrogen and oxygen atoms in total. The Morgan fingerprint density at radius 3 is 2.39 bits per heavy atom. The van der Waals surface area contributed by atoms with Gasteiger partial charge < -0.3 is 15.5 Å². The van der Waals surface area contributed by atoms with E-state index in [-0.39, 0.29) is 0 Å². The second-order valence-corrected chi connectivity index (χ2v) is 5.72. The average molecular weight is 315 g/mol. The highest BCUT2D eigenvalue weighted by Gasteiger charge is 2.12. The number of benzene rings is 1. The van der Waals surface area contributed by atoms with Gasteiger partial charge in [-0.3, -0.25) is 9.59 Å². The smallest absolute Gasteiger partial charge is 0.309 e. The summed E-state index contributed by atoms with van der Waals surface area (Å²) in [6.07, 6.45) is 5.79. The molecule has 2 rings (SSSR count). The monoisotopic (exact) mass is 315 g/mol. The minimum atomic E-state index is -0.611. The maximum atomic E-state index is 11.5. The van der Waals surface area contributed by atoms with Gasteiger partial charge in [-0.25, -0.2) is 0 Å². The quantitative estimate of drug-likeness (QED) is 0.457. The fourth-order valence-electron chi connectivity index (χ4n) is 2.67. The molecule has 1 heterocycles. The molecule has 23 heavy (non-hydrogen) atoms. The van der Waals surface area contributed by atoms with E-state index in [0.29, 0.717) is 13.1 Å². The Balaban J connectivity index is 1.67. The first kappa shape index (κ1) is 17.1. The molecule has 0 spiro atoms. The van der Waals surface area contributed by atoms with E-state index in [2.05, 4.69) is 46.4 Å². The number of carbonyl (C=O) groups excluding carboxylic acids is 2. The lowest BCUT2D eigenvalue weighted by molar-refractivity contribution is -0.139. The predicted molar refractivity (Wildman–Crippen MR) is 92.4 cm³/mol. The highest BCUT2D eigenvalue weighted by Crippen LogP contribution is 2.20. The first-order valence-corrected chi connectivity index (χ1v) is 8.21. The zero-order valence-corrected chi connectivity index (χ0v) is 13.5. The zero-order chi connectivity index (χ0) is 16.5. The Morgan fingerprint density at radius 2 is 1.74 bits per heavy atom. The van der Waals surface area contributed by atoms with Crippen LogP contribution in [0.3, 0.4) is 0 Å². The van der Waals surface area contributed by atoms with E-state index in [1.54, 1.807) is 0 Å². The Bertz CT molecular complexity index is 534. The molecular weight excluding hydrogens is 290 g/mol. The first-order chi connectivity index (χ1) is 11.2. The van der Waals surface area contributed by atoms with E-state index in [1.807, 2.05) is 0 Å². The number of aryl methyl sites for hydroxylation is 1. The highest BCUT2D eigenvalue weighted by molar-refractivity contribution is 6.35. The fourth-order valence-corrected chi connectivity index (χ4v) is 2.67. The molecule has 2 N–H and O–H groups in total.